The number of ether oxygens (including phenoxy) is 1. The molecule has 4 nitrogen and oxygen atoms in total. The average Bonchev–Trinajstić information content (AvgIpc) is 2.87. The molecule has 2 rings (SSSR count). The quantitative estimate of drug-likeness (QED) is 0.852. The van der Waals surface area contributed by atoms with Crippen molar-refractivity contribution in [2.45, 2.75) is 19.4 Å². The number of benzene rings is 1. The molecule has 0 saturated carbocycles. The monoisotopic (exact) mass is 293 g/mol. The van der Waals surface area contributed by atoms with Crippen LogP contribution in [0.3, 0.4) is 0 Å². The molecule has 0 bridgehead atoms. The fourth-order valence-electron chi connectivity index (χ4n) is 1.92. The number of aromatic nitrogens is 2. The average molecular weight is 294 g/mol. The summed E-state index contributed by atoms with van der Waals surface area (Å²) in [6.45, 7) is 3.66. The Morgan fingerprint density at radius 2 is 2.10 bits per heavy atom. The number of hydrogen-bond donors (Lipinski definition) is 1. The largest absolute Gasteiger partial charge is 0.492 e. The Morgan fingerprint density at radius 1 is 1.35 bits per heavy atom. The second kappa shape index (κ2) is 7.31. The minimum atomic E-state index is 0.138. The van der Waals surface area contributed by atoms with E-state index in [1.807, 2.05) is 43.7 Å². The lowest BCUT2D eigenvalue weighted by atomic mass is 10.1. The molecular formula is C15H20ClN3O. The minimum Gasteiger partial charge on any atom is -0.492 e. The zero-order chi connectivity index (χ0) is 14.4. The van der Waals surface area contributed by atoms with Gasteiger partial charge in [0.1, 0.15) is 12.4 Å². The van der Waals surface area contributed by atoms with E-state index in [1.165, 1.54) is 0 Å². The molecule has 0 saturated heterocycles. The van der Waals surface area contributed by atoms with E-state index in [1.54, 1.807) is 4.68 Å². The Kier molecular flexibility index (Phi) is 5.44. The van der Waals surface area contributed by atoms with E-state index in [-0.39, 0.29) is 6.04 Å². The lowest BCUT2D eigenvalue weighted by Gasteiger charge is -2.18. The maximum Gasteiger partial charge on any atom is 0.119 e. The molecule has 108 valence electrons. The van der Waals surface area contributed by atoms with E-state index in [4.69, 9.17) is 16.3 Å². The summed E-state index contributed by atoms with van der Waals surface area (Å²) in [5.74, 6) is 0.821. The molecule has 1 atom stereocenters. The van der Waals surface area contributed by atoms with Crippen LogP contribution in [0.5, 0.6) is 5.75 Å². The highest BCUT2D eigenvalue weighted by atomic mass is 35.5. The van der Waals surface area contributed by atoms with Gasteiger partial charge in [-0.25, -0.2) is 0 Å². The molecule has 0 radical (unpaired) electrons. The van der Waals surface area contributed by atoms with Gasteiger partial charge >= 0.3 is 0 Å². The van der Waals surface area contributed by atoms with Gasteiger partial charge in [0.2, 0.25) is 0 Å². The highest BCUT2D eigenvalue weighted by molar-refractivity contribution is 6.30. The number of hydrogen-bond acceptors (Lipinski definition) is 3. The summed E-state index contributed by atoms with van der Waals surface area (Å²) in [5.41, 5.74) is 1.13. The summed E-state index contributed by atoms with van der Waals surface area (Å²) in [6, 6.07) is 7.55. The molecule has 0 aliphatic heterocycles. The molecule has 0 amide bonds. The molecule has 2 aromatic rings. The number of nitrogens with zero attached hydrogens (tertiary/aromatic N) is 2. The van der Waals surface area contributed by atoms with Crippen LogP contribution < -0.4 is 10.1 Å². The third-order valence-corrected chi connectivity index (χ3v) is 3.25. The van der Waals surface area contributed by atoms with Crippen molar-refractivity contribution in [1.29, 1.82) is 0 Å². The predicted molar refractivity (Wildman–Crippen MR) is 81.2 cm³/mol. The van der Waals surface area contributed by atoms with Gasteiger partial charge in [-0.3, -0.25) is 4.68 Å². The standard InChI is InChI=1S/C15H20ClN3O/c1-3-8-17-15(12-9-18-19(2)10-12)11-20-14-6-4-13(16)5-7-14/h4-7,9-10,15,17H,3,8,11H2,1-2H3. The van der Waals surface area contributed by atoms with E-state index in [2.05, 4.69) is 17.3 Å². The Balaban J connectivity index is 1.98. The van der Waals surface area contributed by atoms with Gasteiger partial charge < -0.3 is 10.1 Å². The van der Waals surface area contributed by atoms with Crippen molar-refractivity contribution in [1.82, 2.24) is 15.1 Å². The lowest BCUT2D eigenvalue weighted by molar-refractivity contribution is 0.266. The van der Waals surface area contributed by atoms with Gasteiger partial charge in [0.15, 0.2) is 0 Å². The Labute approximate surface area is 124 Å². The predicted octanol–water partition coefficient (Wildman–Crippen LogP) is 3.19. The summed E-state index contributed by atoms with van der Waals surface area (Å²) < 4.78 is 7.63. The van der Waals surface area contributed by atoms with Crippen LogP contribution in [0.2, 0.25) is 5.02 Å². The van der Waals surface area contributed by atoms with E-state index < -0.39 is 0 Å². The third-order valence-electron chi connectivity index (χ3n) is 3.00. The van der Waals surface area contributed by atoms with Crippen molar-refractivity contribution in [3.63, 3.8) is 0 Å². The molecule has 1 heterocycles. The van der Waals surface area contributed by atoms with Gasteiger partial charge in [0, 0.05) is 23.8 Å². The van der Waals surface area contributed by atoms with Crippen molar-refractivity contribution in [3.8, 4) is 5.75 Å². The molecule has 1 aromatic heterocycles. The summed E-state index contributed by atoms with van der Waals surface area (Å²) in [5, 5.41) is 8.41. The van der Waals surface area contributed by atoms with Crippen LogP contribution in [-0.4, -0.2) is 22.9 Å². The number of aryl methyl sites for hydroxylation is 1. The van der Waals surface area contributed by atoms with Crippen LogP contribution in [0, 0.1) is 0 Å². The van der Waals surface area contributed by atoms with Crippen LogP contribution in [0.4, 0.5) is 0 Å². The van der Waals surface area contributed by atoms with Gasteiger partial charge in [-0.15, -0.1) is 0 Å². The number of nitrogens with one attached hydrogen (secondary N) is 1. The summed E-state index contributed by atoms with van der Waals surface area (Å²) >= 11 is 5.86. The van der Waals surface area contributed by atoms with Crippen molar-refractivity contribution in [2.24, 2.45) is 7.05 Å². The second-order valence-electron chi connectivity index (χ2n) is 4.72. The van der Waals surface area contributed by atoms with E-state index in [9.17, 15) is 0 Å². The highest BCUT2D eigenvalue weighted by Gasteiger charge is 2.13. The third kappa shape index (κ3) is 4.25. The van der Waals surface area contributed by atoms with Gasteiger partial charge in [-0.1, -0.05) is 18.5 Å². The topological polar surface area (TPSA) is 39.1 Å². The smallest absolute Gasteiger partial charge is 0.119 e. The maximum atomic E-state index is 5.86. The summed E-state index contributed by atoms with van der Waals surface area (Å²) in [4.78, 5) is 0. The lowest BCUT2D eigenvalue weighted by Crippen LogP contribution is -2.27. The normalized spacial score (nSPS) is 12.3. The van der Waals surface area contributed by atoms with Crippen LogP contribution in [-0.2, 0) is 7.05 Å². The number of halogens is 1. The summed E-state index contributed by atoms with van der Waals surface area (Å²) in [6.07, 6.45) is 4.97. The first-order chi connectivity index (χ1) is 9.69. The van der Waals surface area contributed by atoms with Crippen LogP contribution in [0.25, 0.3) is 0 Å². The van der Waals surface area contributed by atoms with E-state index in [0.717, 1.165) is 24.3 Å². The van der Waals surface area contributed by atoms with Crippen LogP contribution in [0.15, 0.2) is 36.7 Å². The Bertz CT molecular complexity index is 524. The first-order valence-corrected chi connectivity index (χ1v) is 7.17. The van der Waals surface area contributed by atoms with Crippen LogP contribution >= 0.6 is 11.6 Å². The molecular weight excluding hydrogens is 274 g/mol. The van der Waals surface area contributed by atoms with Crippen molar-refractivity contribution in [2.75, 3.05) is 13.2 Å². The molecule has 5 heteroatoms. The first-order valence-electron chi connectivity index (χ1n) is 6.79. The SMILES string of the molecule is CCCNC(COc1ccc(Cl)cc1)c1cnn(C)c1. The second-order valence-corrected chi connectivity index (χ2v) is 5.16. The van der Waals surface area contributed by atoms with Gasteiger partial charge in [-0.05, 0) is 37.2 Å². The van der Waals surface area contributed by atoms with E-state index >= 15 is 0 Å². The highest BCUT2D eigenvalue weighted by Crippen LogP contribution is 2.18. The Morgan fingerprint density at radius 3 is 2.70 bits per heavy atom. The fraction of sp³-hybridized carbons (Fsp3) is 0.400. The Hall–Kier alpha value is -1.52. The molecule has 0 aliphatic rings. The minimum absolute atomic E-state index is 0.138. The molecule has 20 heavy (non-hydrogen) atoms. The zero-order valence-corrected chi connectivity index (χ0v) is 12.6. The van der Waals surface area contributed by atoms with Gasteiger partial charge in [-0.2, -0.15) is 5.10 Å². The van der Waals surface area contributed by atoms with Gasteiger partial charge in [0.05, 0.1) is 12.2 Å². The number of rotatable bonds is 7. The van der Waals surface area contributed by atoms with Gasteiger partial charge in [0.25, 0.3) is 0 Å². The molecule has 1 aromatic carbocycles. The zero-order valence-electron chi connectivity index (χ0n) is 11.8. The summed E-state index contributed by atoms with van der Waals surface area (Å²) in [7, 11) is 1.92. The van der Waals surface area contributed by atoms with Crippen molar-refractivity contribution >= 4 is 11.6 Å². The molecule has 0 aliphatic carbocycles. The molecule has 1 unspecified atom stereocenters. The molecule has 0 spiro atoms. The van der Waals surface area contributed by atoms with Crippen molar-refractivity contribution < 1.29 is 4.74 Å². The first kappa shape index (κ1) is 14.9. The van der Waals surface area contributed by atoms with Crippen molar-refractivity contribution in [3.05, 3.63) is 47.2 Å². The maximum absolute atomic E-state index is 5.86. The van der Waals surface area contributed by atoms with E-state index in [0.29, 0.717) is 11.6 Å². The van der Waals surface area contributed by atoms with Crippen LogP contribution in [0.1, 0.15) is 24.9 Å². The fourth-order valence-corrected chi connectivity index (χ4v) is 2.05. The molecule has 1 N–H and O–H groups in total. The molecule has 0 fully saturated rings.